The van der Waals surface area contributed by atoms with Crippen LogP contribution in [0.15, 0.2) is 36.0 Å². The van der Waals surface area contributed by atoms with Gasteiger partial charge in [0.25, 0.3) is 5.24 Å². The van der Waals surface area contributed by atoms with Crippen molar-refractivity contribution in [1.82, 2.24) is 10.6 Å². The molecule has 0 saturated carbocycles. The Morgan fingerprint density at radius 1 is 1.31 bits per heavy atom. The molecular formula is C25H35ClN2O6S. The van der Waals surface area contributed by atoms with E-state index < -0.39 is 30.0 Å². The van der Waals surface area contributed by atoms with E-state index in [4.69, 9.17) is 25.8 Å². The van der Waals surface area contributed by atoms with Crippen LogP contribution < -0.4 is 10.6 Å². The van der Waals surface area contributed by atoms with E-state index in [2.05, 4.69) is 29.7 Å². The summed E-state index contributed by atoms with van der Waals surface area (Å²) in [5, 5.41) is 5.25. The van der Waals surface area contributed by atoms with Crippen molar-refractivity contribution in [1.29, 1.82) is 0 Å². The number of allylic oxidation sites excluding steroid dienone is 5. The summed E-state index contributed by atoms with van der Waals surface area (Å²) in [6, 6.07) is -0.573. The number of fused-ring (bicyclic) bond motifs is 2. The number of hydrogen-bond acceptors (Lipinski definition) is 7. The van der Waals surface area contributed by atoms with Crippen LogP contribution in [0.2, 0.25) is 0 Å². The summed E-state index contributed by atoms with van der Waals surface area (Å²) in [4.78, 5) is 37.3. The highest BCUT2D eigenvalue weighted by atomic mass is 35.5. The number of carbonyl (C=O) groups is 3. The van der Waals surface area contributed by atoms with Crippen molar-refractivity contribution < 1.29 is 28.6 Å². The first kappa shape index (κ1) is 27.6. The summed E-state index contributed by atoms with van der Waals surface area (Å²) in [5.41, 5.74) is 0.926. The molecule has 5 atom stereocenters. The largest absolute Gasteiger partial charge is 0.459 e. The lowest BCUT2D eigenvalue weighted by Gasteiger charge is -2.46. The summed E-state index contributed by atoms with van der Waals surface area (Å²) in [6.07, 6.45) is 12.0. The maximum atomic E-state index is 12.7. The monoisotopic (exact) mass is 526 g/mol. The number of thioether (sulfide) groups is 1. The van der Waals surface area contributed by atoms with Gasteiger partial charge in [-0.15, -0.1) is 11.6 Å². The van der Waals surface area contributed by atoms with Crippen LogP contribution in [0.1, 0.15) is 52.4 Å². The Morgan fingerprint density at radius 2 is 2.14 bits per heavy atom. The first-order chi connectivity index (χ1) is 16.8. The summed E-state index contributed by atoms with van der Waals surface area (Å²) >= 11 is 6.81. The first-order valence-electron chi connectivity index (χ1n) is 12.1. The van der Waals surface area contributed by atoms with Crippen molar-refractivity contribution in [3.63, 3.8) is 0 Å². The van der Waals surface area contributed by atoms with Gasteiger partial charge in [0, 0.05) is 30.7 Å². The number of amides is 2. The normalized spacial score (nSPS) is 32.4. The number of halogens is 1. The van der Waals surface area contributed by atoms with Crippen molar-refractivity contribution in [3.05, 3.63) is 36.0 Å². The van der Waals surface area contributed by atoms with Gasteiger partial charge in [-0.2, -0.15) is 0 Å². The van der Waals surface area contributed by atoms with E-state index in [0.29, 0.717) is 24.5 Å². The summed E-state index contributed by atoms with van der Waals surface area (Å²) in [6.45, 7) is 4.27. The lowest BCUT2D eigenvalue weighted by molar-refractivity contribution is -0.281. The molecule has 0 radical (unpaired) electrons. The van der Waals surface area contributed by atoms with E-state index >= 15 is 0 Å². The number of hydrogen-bond donors (Lipinski definition) is 2. The third-order valence-corrected chi connectivity index (χ3v) is 7.29. The molecule has 5 unspecified atom stereocenters. The number of ether oxygens (including phenoxy) is 3. The summed E-state index contributed by atoms with van der Waals surface area (Å²) < 4.78 is 18.1. The first-order valence-corrected chi connectivity index (χ1v) is 13.7. The Labute approximate surface area is 216 Å². The van der Waals surface area contributed by atoms with Gasteiger partial charge in [0.15, 0.2) is 0 Å². The second kappa shape index (κ2) is 13.4. The predicted octanol–water partition coefficient (Wildman–Crippen LogP) is 4.83. The van der Waals surface area contributed by atoms with Gasteiger partial charge in [-0.1, -0.05) is 48.6 Å². The Morgan fingerprint density at radius 3 is 2.89 bits per heavy atom. The maximum Gasteiger partial charge on any atom is 0.409 e. The Balaban J connectivity index is 1.88. The van der Waals surface area contributed by atoms with Crippen LogP contribution in [0.3, 0.4) is 0 Å². The number of carbonyl (C=O) groups excluding carboxylic acids is 3. The average molecular weight is 527 g/mol. The van der Waals surface area contributed by atoms with Crippen molar-refractivity contribution in [3.8, 4) is 0 Å². The minimum Gasteiger partial charge on any atom is -0.459 e. The van der Waals surface area contributed by atoms with Crippen molar-refractivity contribution >= 4 is 40.7 Å². The molecule has 0 aromatic heterocycles. The number of rotatable bonds is 4. The molecule has 2 bridgehead atoms. The highest BCUT2D eigenvalue weighted by Crippen LogP contribution is 2.39. The molecule has 3 aliphatic heterocycles. The molecule has 3 heterocycles. The van der Waals surface area contributed by atoms with Gasteiger partial charge in [0.1, 0.15) is 12.1 Å². The van der Waals surface area contributed by atoms with Crippen LogP contribution in [-0.2, 0) is 19.0 Å². The molecule has 3 rings (SSSR count). The molecule has 3 aliphatic rings. The molecule has 2 N–H and O–H groups in total. The fraction of sp³-hybridized carbons (Fsp3) is 0.640. The molecule has 2 fully saturated rings. The summed E-state index contributed by atoms with van der Waals surface area (Å²) in [7, 11) is 0. The molecule has 0 aromatic rings. The van der Waals surface area contributed by atoms with Crippen molar-refractivity contribution in [2.24, 2.45) is 5.92 Å². The van der Waals surface area contributed by atoms with E-state index in [0.717, 1.165) is 36.6 Å². The van der Waals surface area contributed by atoms with E-state index in [-0.39, 0.29) is 30.2 Å². The molecular weight excluding hydrogens is 492 g/mol. The highest BCUT2D eigenvalue weighted by Gasteiger charge is 2.54. The number of alkyl halides is 1. The van der Waals surface area contributed by atoms with Crippen molar-refractivity contribution in [2.45, 2.75) is 76.4 Å². The molecule has 194 valence electrons. The van der Waals surface area contributed by atoms with Crippen LogP contribution in [0.5, 0.6) is 0 Å². The number of alkyl carbamates (subject to hydrolysis) is 1. The highest BCUT2D eigenvalue weighted by molar-refractivity contribution is 8.14. The van der Waals surface area contributed by atoms with Gasteiger partial charge in [-0.05, 0) is 38.5 Å². The van der Waals surface area contributed by atoms with Crippen LogP contribution >= 0.6 is 23.4 Å². The molecule has 0 aliphatic carbocycles. The SMILES string of the molecule is CC1=CC(=O)OC2CC(CCC(C)C=CC=CCC1)OC(OC(=O)NCCCl)(C1CSC(=O)N1)C2. The smallest absolute Gasteiger partial charge is 0.409 e. The standard InChI is InChI=1S/C25H35ClN2O6S/c1-17-7-5-3-4-6-8-18(2)13-22(29)32-20-14-19(10-9-17)33-25(15-20,21-16-35-24(31)28-21)34-23(30)27-12-11-26/h3-5,7,13,17,19-21H,6,8-12,14-16H2,1-2H3,(H,27,30)(H,28,31). The lowest BCUT2D eigenvalue weighted by Crippen LogP contribution is -2.61. The van der Waals surface area contributed by atoms with Crippen LogP contribution in [0.25, 0.3) is 0 Å². The van der Waals surface area contributed by atoms with Crippen molar-refractivity contribution in [2.75, 3.05) is 18.2 Å². The Kier molecular flexibility index (Phi) is 10.5. The van der Waals surface area contributed by atoms with Gasteiger partial charge in [0.2, 0.25) is 5.79 Å². The third kappa shape index (κ3) is 8.58. The second-order valence-corrected chi connectivity index (χ2v) is 10.6. The number of nitrogens with one attached hydrogen (secondary N) is 2. The van der Waals surface area contributed by atoms with E-state index in [1.807, 2.05) is 19.1 Å². The average Bonchev–Trinajstić information content (AvgIpc) is 3.25. The van der Waals surface area contributed by atoms with E-state index in [1.54, 1.807) is 0 Å². The lowest BCUT2D eigenvalue weighted by atomic mass is 9.90. The molecule has 2 saturated heterocycles. The van der Waals surface area contributed by atoms with Gasteiger partial charge >= 0.3 is 12.1 Å². The molecule has 8 nitrogen and oxygen atoms in total. The quantitative estimate of drug-likeness (QED) is 0.399. The zero-order valence-electron chi connectivity index (χ0n) is 20.3. The van der Waals surface area contributed by atoms with Crippen LogP contribution in [0.4, 0.5) is 9.59 Å². The fourth-order valence-electron chi connectivity index (χ4n) is 4.42. The van der Waals surface area contributed by atoms with Crippen LogP contribution in [-0.4, -0.2) is 59.5 Å². The minimum atomic E-state index is -1.46. The van der Waals surface area contributed by atoms with Gasteiger partial charge in [-0.25, -0.2) is 9.59 Å². The zero-order chi connectivity index (χ0) is 25.3. The van der Waals surface area contributed by atoms with E-state index in [9.17, 15) is 14.4 Å². The van der Waals surface area contributed by atoms with E-state index in [1.165, 1.54) is 6.08 Å². The predicted molar refractivity (Wildman–Crippen MR) is 136 cm³/mol. The third-order valence-electron chi connectivity index (χ3n) is 6.22. The summed E-state index contributed by atoms with van der Waals surface area (Å²) in [5.74, 6) is -0.976. The fourth-order valence-corrected chi connectivity index (χ4v) is 5.40. The minimum absolute atomic E-state index is 0.125. The molecule has 10 heteroatoms. The molecule has 0 aromatic carbocycles. The topological polar surface area (TPSA) is 103 Å². The number of esters is 1. The zero-order valence-corrected chi connectivity index (χ0v) is 21.9. The van der Waals surface area contributed by atoms with Gasteiger partial charge in [-0.3, -0.25) is 4.79 Å². The maximum absolute atomic E-state index is 12.7. The second-order valence-electron chi connectivity index (χ2n) is 9.25. The molecule has 0 spiro atoms. The van der Waals surface area contributed by atoms with Crippen LogP contribution in [0, 0.1) is 5.92 Å². The molecule has 35 heavy (non-hydrogen) atoms. The molecule has 2 amide bonds. The van der Waals surface area contributed by atoms with Gasteiger partial charge in [0.05, 0.1) is 12.5 Å². The Bertz CT molecular complexity index is 863. The Hall–Kier alpha value is -1.97. The van der Waals surface area contributed by atoms with Gasteiger partial charge < -0.3 is 24.8 Å².